The molecule has 1 fully saturated rings. The standard InChI is InChI=1S/C25H21FN2O3/c1-30-22-11-5-3-8-18(22)25(29)28-14-6-10-21(28)24-27-20-15-16(12-13-23(20)31-24)17-7-2-4-9-19(17)26/h2-5,7-9,11-13,15,21H,6,10,14H2,1H3. The number of ether oxygens (including phenoxy) is 1. The van der Waals surface area contributed by atoms with E-state index >= 15 is 0 Å². The number of aromatic nitrogens is 1. The number of methoxy groups -OCH3 is 1. The fourth-order valence-corrected chi connectivity index (χ4v) is 4.19. The smallest absolute Gasteiger partial charge is 0.258 e. The minimum Gasteiger partial charge on any atom is -0.496 e. The molecule has 1 saturated heterocycles. The predicted octanol–water partition coefficient (Wildman–Crippen LogP) is 5.62. The van der Waals surface area contributed by atoms with E-state index in [1.807, 2.05) is 24.3 Å². The van der Waals surface area contributed by atoms with Crippen LogP contribution in [0, 0.1) is 5.82 Å². The summed E-state index contributed by atoms with van der Waals surface area (Å²) < 4.78 is 25.6. The van der Waals surface area contributed by atoms with E-state index in [4.69, 9.17) is 9.15 Å². The Labute approximate surface area is 179 Å². The van der Waals surface area contributed by atoms with Crippen molar-refractivity contribution >= 4 is 17.0 Å². The van der Waals surface area contributed by atoms with Crippen molar-refractivity contribution < 1.29 is 18.3 Å². The summed E-state index contributed by atoms with van der Waals surface area (Å²) in [6.45, 7) is 0.626. The highest BCUT2D eigenvalue weighted by atomic mass is 19.1. The number of oxazole rings is 1. The van der Waals surface area contributed by atoms with Gasteiger partial charge in [-0.3, -0.25) is 4.79 Å². The molecule has 2 heterocycles. The van der Waals surface area contributed by atoms with Crippen molar-refractivity contribution in [2.75, 3.05) is 13.7 Å². The van der Waals surface area contributed by atoms with E-state index in [0.29, 0.717) is 40.4 Å². The zero-order valence-electron chi connectivity index (χ0n) is 17.0. The molecule has 5 rings (SSSR count). The number of halogens is 1. The number of nitrogens with zero attached hydrogens (tertiary/aromatic N) is 2. The second kappa shape index (κ2) is 7.87. The largest absolute Gasteiger partial charge is 0.496 e. The number of rotatable bonds is 4. The maximum absolute atomic E-state index is 14.2. The number of carbonyl (C=O) groups excluding carboxylic acids is 1. The molecule has 5 nitrogen and oxygen atoms in total. The molecule has 3 aromatic carbocycles. The number of likely N-dealkylation sites (tertiary alicyclic amines) is 1. The van der Waals surface area contributed by atoms with E-state index in [9.17, 15) is 9.18 Å². The third kappa shape index (κ3) is 3.44. The molecule has 0 radical (unpaired) electrons. The normalized spacial score (nSPS) is 16.1. The third-order valence-corrected chi connectivity index (χ3v) is 5.73. The summed E-state index contributed by atoms with van der Waals surface area (Å²) in [6.07, 6.45) is 1.64. The first-order valence-electron chi connectivity index (χ1n) is 10.2. The Kier molecular flexibility index (Phi) is 4.90. The van der Waals surface area contributed by atoms with Gasteiger partial charge in [0.2, 0.25) is 5.89 Å². The van der Waals surface area contributed by atoms with E-state index in [1.165, 1.54) is 6.07 Å². The van der Waals surface area contributed by atoms with Crippen LogP contribution < -0.4 is 4.74 Å². The lowest BCUT2D eigenvalue weighted by Crippen LogP contribution is -2.31. The molecule has 6 heteroatoms. The number of benzene rings is 3. The monoisotopic (exact) mass is 416 g/mol. The van der Waals surface area contributed by atoms with Gasteiger partial charge in [0.05, 0.1) is 12.7 Å². The molecule has 4 aromatic rings. The van der Waals surface area contributed by atoms with Crippen LogP contribution in [-0.4, -0.2) is 29.4 Å². The molecule has 156 valence electrons. The van der Waals surface area contributed by atoms with Crippen molar-refractivity contribution in [1.29, 1.82) is 0 Å². The summed E-state index contributed by atoms with van der Waals surface area (Å²) in [4.78, 5) is 19.7. The van der Waals surface area contributed by atoms with Gasteiger partial charge in [-0.05, 0) is 48.7 Å². The van der Waals surface area contributed by atoms with Gasteiger partial charge in [0.1, 0.15) is 23.1 Å². The second-order valence-electron chi connectivity index (χ2n) is 7.57. The maximum Gasteiger partial charge on any atom is 0.258 e. The van der Waals surface area contributed by atoms with E-state index in [1.54, 1.807) is 48.4 Å². The average molecular weight is 416 g/mol. The lowest BCUT2D eigenvalue weighted by molar-refractivity contribution is 0.0713. The molecule has 1 aliphatic heterocycles. The highest BCUT2D eigenvalue weighted by Gasteiger charge is 2.35. The third-order valence-electron chi connectivity index (χ3n) is 5.73. The van der Waals surface area contributed by atoms with Crippen molar-refractivity contribution in [2.45, 2.75) is 18.9 Å². The Hall–Kier alpha value is -3.67. The van der Waals surface area contributed by atoms with Crippen LogP contribution >= 0.6 is 0 Å². The van der Waals surface area contributed by atoms with Gasteiger partial charge in [-0.25, -0.2) is 9.37 Å². The van der Waals surface area contributed by atoms with Gasteiger partial charge in [-0.15, -0.1) is 0 Å². The highest BCUT2D eigenvalue weighted by Crippen LogP contribution is 2.36. The van der Waals surface area contributed by atoms with Crippen molar-refractivity contribution in [3.8, 4) is 16.9 Å². The minimum atomic E-state index is -0.282. The number of amides is 1. The van der Waals surface area contributed by atoms with Crippen LogP contribution in [0.1, 0.15) is 35.1 Å². The van der Waals surface area contributed by atoms with Crippen LogP contribution in [0.25, 0.3) is 22.2 Å². The molecule has 0 saturated carbocycles. The molecule has 0 spiro atoms. The Balaban J connectivity index is 1.48. The van der Waals surface area contributed by atoms with Crippen LogP contribution in [0.5, 0.6) is 5.75 Å². The Bertz CT molecular complexity index is 1270. The number of fused-ring (bicyclic) bond motifs is 1. The number of para-hydroxylation sites is 1. The lowest BCUT2D eigenvalue weighted by Gasteiger charge is -2.23. The van der Waals surface area contributed by atoms with Gasteiger partial charge in [-0.2, -0.15) is 0 Å². The van der Waals surface area contributed by atoms with Gasteiger partial charge >= 0.3 is 0 Å². The Morgan fingerprint density at radius 2 is 1.94 bits per heavy atom. The fraction of sp³-hybridized carbons (Fsp3) is 0.200. The van der Waals surface area contributed by atoms with Gasteiger partial charge < -0.3 is 14.1 Å². The molecular weight excluding hydrogens is 395 g/mol. The summed E-state index contributed by atoms with van der Waals surface area (Å²) in [5.41, 5.74) is 3.04. The van der Waals surface area contributed by atoms with E-state index in [0.717, 1.165) is 18.4 Å². The van der Waals surface area contributed by atoms with Gasteiger partial charge in [0.15, 0.2) is 5.58 Å². The molecule has 31 heavy (non-hydrogen) atoms. The number of hydrogen-bond donors (Lipinski definition) is 0. The maximum atomic E-state index is 14.2. The summed E-state index contributed by atoms with van der Waals surface area (Å²) in [5, 5.41) is 0. The molecule has 1 amide bonds. The van der Waals surface area contributed by atoms with Gasteiger partial charge in [0, 0.05) is 12.1 Å². The first kappa shape index (κ1) is 19.3. The Morgan fingerprint density at radius 3 is 2.77 bits per heavy atom. The van der Waals surface area contributed by atoms with Crippen LogP contribution in [0.2, 0.25) is 0 Å². The molecule has 0 aliphatic carbocycles. The summed E-state index contributed by atoms with van der Waals surface area (Å²) in [6, 6.07) is 19.0. The van der Waals surface area contributed by atoms with Crippen LogP contribution in [0.15, 0.2) is 71.1 Å². The van der Waals surface area contributed by atoms with Crippen molar-refractivity contribution in [2.24, 2.45) is 0 Å². The first-order valence-corrected chi connectivity index (χ1v) is 10.2. The fourth-order valence-electron chi connectivity index (χ4n) is 4.19. The first-order chi connectivity index (χ1) is 15.2. The van der Waals surface area contributed by atoms with Gasteiger partial charge in [-0.1, -0.05) is 36.4 Å². The quantitative estimate of drug-likeness (QED) is 0.433. The number of carbonyl (C=O) groups is 1. The Morgan fingerprint density at radius 1 is 1.13 bits per heavy atom. The van der Waals surface area contributed by atoms with E-state index < -0.39 is 0 Å². The summed E-state index contributed by atoms with van der Waals surface area (Å²) in [5.74, 6) is 0.663. The lowest BCUT2D eigenvalue weighted by atomic mass is 10.0. The second-order valence-corrected chi connectivity index (χ2v) is 7.57. The predicted molar refractivity (Wildman–Crippen MR) is 115 cm³/mol. The van der Waals surface area contributed by atoms with Crippen LogP contribution in [-0.2, 0) is 0 Å². The molecule has 1 atom stereocenters. The molecule has 1 aliphatic rings. The van der Waals surface area contributed by atoms with Crippen LogP contribution in [0.3, 0.4) is 0 Å². The number of hydrogen-bond acceptors (Lipinski definition) is 4. The van der Waals surface area contributed by atoms with Crippen LogP contribution in [0.4, 0.5) is 4.39 Å². The van der Waals surface area contributed by atoms with Gasteiger partial charge in [0.25, 0.3) is 5.91 Å². The zero-order valence-corrected chi connectivity index (χ0v) is 17.0. The van der Waals surface area contributed by atoms with E-state index in [-0.39, 0.29) is 17.8 Å². The van der Waals surface area contributed by atoms with Crippen molar-refractivity contribution in [1.82, 2.24) is 9.88 Å². The topological polar surface area (TPSA) is 55.6 Å². The minimum absolute atomic E-state index is 0.103. The SMILES string of the molecule is COc1ccccc1C(=O)N1CCCC1c1nc2cc(-c3ccccc3F)ccc2o1. The molecular formula is C25H21FN2O3. The molecule has 1 aromatic heterocycles. The summed E-state index contributed by atoms with van der Waals surface area (Å²) in [7, 11) is 1.56. The van der Waals surface area contributed by atoms with Crippen molar-refractivity contribution in [3.63, 3.8) is 0 Å². The van der Waals surface area contributed by atoms with Crippen molar-refractivity contribution in [3.05, 3.63) is 84.0 Å². The summed E-state index contributed by atoms with van der Waals surface area (Å²) >= 11 is 0. The zero-order chi connectivity index (χ0) is 21.4. The molecule has 0 N–H and O–H groups in total. The highest BCUT2D eigenvalue weighted by molar-refractivity contribution is 5.97. The molecule has 0 bridgehead atoms. The average Bonchev–Trinajstić information content (AvgIpc) is 3.45. The molecule has 1 unspecified atom stereocenters. The van der Waals surface area contributed by atoms with E-state index in [2.05, 4.69) is 4.98 Å².